The fourth-order valence-electron chi connectivity index (χ4n) is 8.64. The van der Waals surface area contributed by atoms with E-state index < -0.39 is 49.5 Å². The third kappa shape index (κ3) is 36.2. The standard InChI is InChI=1S/C57H105NO8/c1-3-5-7-9-11-13-15-16-17-18-19-20-21-22-23-24-25-26-27-28-29-30-31-32-33-34-35-37-38-40-42-44-46-51(60)50(49-65-57-56(64)55(63)54(62)52(48-59)66-57)58-53(61)47-45-43-41-39-36-14-12-10-8-6-4-2/h10,12,32-33,37-38,44,46,50-52,54-57,59-60,62-64H,3-9,11,13-31,34-36,39-43,45,47-49H2,1-2H3,(H,58,61)/b12-10-,33-32+,38-37+,46-44+. The van der Waals surface area contributed by atoms with Crippen molar-refractivity contribution in [2.75, 3.05) is 13.2 Å². The van der Waals surface area contributed by atoms with Crippen molar-refractivity contribution in [1.82, 2.24) is 5.32 Å². The number of carbonyl (C=O) groups excluding carboxylic acids is 1. The number of aliphatic hydroxyl groups excluding tert-OH is 5. The summed E-state index contributed by atoms with van der Waals surface area (Å²) in [5.74, 6) is -0.202. The molecule has 0 aromatic rings. The predicted octanol–water partition coefficient (Wildman–Crippen LogP) is 13.3. The average molecular weight is 932 g/mol. The number of nitrogens with one attached hydrogen (secondary N) is 1. The third-order valence-corrected chi connectivity index (χ3v) is 13.1. The highest BCUT2D eigenvalue weighted by Crippen LogP contribution is 2.23. The molecule has 0 radical (unpaired) electrons. The van der Waals surface area contributed by atoms with Crippen molar-refractivity contribution in [2.24, 2.45) is 0 Å². The lowest BCUT2D eigenvalue weighted by Crippen LogP contribution is -2.60. The van der Waals surface area contributed by atoms with Gasteiger partial charge < -0.3 is 40.3 Å². The molecule has 1 heterocycles. The first-order valence-electron chi connectivity index (χ1n) is 27.9. The molecular formula is C57H105NO8. The van der Waals surface area contributed by atoms with Gasteiger partial charge in [0.05, 0.1) is 25.4 Å². The Balaban J connectivity index is 2.18. The lowest BCUT2D eigenvalue weighted by Gasteiger charge is -2.40. The SMILES string of the molecule is CCCC/C=C\CCCCCCCC(=O)NC(COC1OC(CO)C(O)C(O)C1O)C(O)/C=C/CC/C=C/CC/C=C/CCCCCCCCCCCCCCCCCCCCCCCC. The summed E-state index contributed by atoms with van der Waals surface area (Å²) in [4.78, 5) is 12.9. The van der Waals surface area contributed by atoms with E-state index in [4.69, 9.17) is 9.47 Å². The Labute approximate surface area is 405 Å². The average Bonchev–Trinajstić information content (AvgIpc) is 3.32. The molecule has 1 rings (SSSR count). The number of ether oxygens (including phenoxy) is 2. The van der Waals surface area contributed by atoms with E-state index in [2.05, 4.69) is 55.6 Å². The summed E-state index contributed by atoms with van der Waals surface area (Å²) in [5, 5.41) is 54.2. The minimum absolute atomic E-state index is 0.202. The molecule has 1 fully saturated rings. The molecule has 66 heavy (non-hydrogen) atoms. The molecule has 0 spiro atoms. The molecule has 6 N–H and O–H groups in total. The second-order valence-electron chi connectivity index (χ2n) is 19.4. The van der Waals surface area contributed by atoms with Gasteiger partial charge >= 0.3 is 0 Å². The first-order valence-corrected chi connectivity index (χ1v) is 27.9. The Morgan fingerprint density at radius 1 is 0.500 bits per heavy atom. The summed E-state index contributed by atoms with van der Waals surface area (Å²) >= 11 is 0. The Morgan fingerprint density at radius 3 is 1.32 bits per heavy atom. The molecule has 0 aromatic heterocycles. The highest BCUT2D eigenvalue weighted by atomic mass is 16.7. The zero-order valence-corrected chi connectivity index (χ0v) is 42.7. The number of hydrogen-bond acceptors (Lipinski definition) is 8. The number of amides is 1. The highest BCUT2D eigenvalue weighted by Gasteiger charge is 2.44. The lowest BCUT2D eigenvalue weighted by atomic mass is 9.99. The first-order chi connectivity index (χ1) is 32.3. The maximum Gasteiger partial charge on any atom is 0.220 e. The summed E-state index contributed by atoms with van der Waals surface area (Å²) in [5.41, 5.74) is 0. The van der Waals surface area contributed by atoms with Crippen molar-refractivity contribution in [3.05, 3.63) is 48.6 Å². The fraction of sp³-hybridized carbons (Fsp3) is 0.842. The molecule has 1 aliphatic heterocycles. The van der Waals surface area contributed by atoms with E-state index in [1.54, 1.807) is 6.08 Å². The number of allylic oxidation sites excluding steroid dienone is 7. The van der Waals surface area contributed by atoms with Crippen LogP contribution in [0.25, 0.3) is 0 Å². The number of unbranched alkanes of at least 4 members (excludes halogenated alkanes) is 31. The number of rotatable bonds is 47. The van der Waals surface area contributed by atoms with Crippen molar-refractivity contribution >= 4 is 5.91 Å². The molecule has 1 saturated heterocycles. The van der Waals surface area contributed by atoms with E-state index in [9.17, 15) is 30.3 Å². The fourth-order valence-corrected chi connectivity index (χ4v) is 8.64. The monoisotopic (exact) mass is 932 g/mol. The maximum atomic E-state index is 12.9. The topological polar surface area (TPSA) is 149 Å². The van der Waals surface area contributed by atoms with Gasteiger partial charge in [-0.05, 0) is 64.2 Å². The second kappa shape index (κ2) is 46.9. The molecule has 9 heteroatoms. The largest absolute Gasteiger partial charge is 0.394 e. The van der Waals surface area contributed by atoms with Crippen LogP contribution < -0.4 is 5.32 Å². The Bertz CT molecular complexity index is 1170. The van der Waals surface area contributed by atoms with E-state index in [-0.39, 0.29) is 12.5 Å². The van der Waals surface area contributed by atoms with Crippen LogP contribution in [0.15, 0.2) is 48.6 Å². The second-order valence-corrected chi connectivity index (χ2v) is 19.4. The minimum atomic E-state index is -1.58. The Morgan fingerprint density at radius 2 is 0.879 bits per heavy atom. The van der Waals surface area contributed by atoms with Crippen LogP contribution in [0.3, 0.4) is 0 Å². The van der Waals surface area contributed by atoms with Gasteiger partial charge in [0, 0.05) is 6.42 Å². The summed E-state index contributed by atoms with van der Waals surface area (Å²) in [6, 6.07) is -0.832. The van der Waals surface area contributed by atoms with E-state index >= 15 is 0 Å². The van der Waals surface area contributed by atoms with Gasteiger partial charge in [-0.3, -0.25) is 4.79 Å². The Kier molecular flexibility index (Phi) is 44.1. The van der Waals surface area contributed by atoms with E-state index in [1.165, 1.54) is 161 Å². The van der Waals surface area contributed by atoms with Gasteiger partial charge in [0.2, 0.25) is 5.91 Å². The smallest absolute Gasteiger partial charge is 0.220 e. The van der Waals surface area contributed by atoms with Crippen molar-refractivity contribution in [2.45, 2.75) is 294 Å². The summed E-state index contributed by atoms with van der Waals surface area (Å²) < 4.78 is 11.2. The van der Waals surface area contributed by atoms with Crippen molar-refractivity contribution in [1.29, 1.82) is 0 Å². The Hall–Kier alpha value is -1.85. The van der Waals surface area contributed by atoms with Crippen LogP contribution in [-0.4, -0.2) is 87.5 Å². The molecule has 1 amide bonds. The van der Waals surface area contributed by atoms with Crippen LogP contribution in [0.5, 0.6) is 0 Å². The van der Waals surface area contributed by atoms with Crippen LogP contribution in [-0.2, 0) is 14.3 Å². The highest BCUT2D eigenvalue weighted by molar-refractivity contribution is 5.76. The molecule has 0 bridgehead atoms. The normalized spacial score (nSPS) is 20.1. The van der Waals surface area contributed by atoms with Gasteiger partial charge in [-0.2, -0.15) is 0 Å². The molecule has 0 saturated carbocycles. The van der Waals surface area contributed by atoms with E-state index in [1.807, 2.05) is 6.08 Å². The molecular weight excluding hydrogens is 827 g/mol. The van der Waals surface area contributed by atoms with Gasteiger partial charge in [0.1, 0.15) is 24.4 Å². The van der Waals surface area contributed by atoms with Gasteiger partial charge in [-0.15, -0.1) is 0 Å². The third-order valence-electron chi connectivity index (χ3n) is 13.1. The predicted molar refractivity (Wildman–Crippen MR) is 276 cm³/mol. The molecule has 386 valence electrons. The molecule has 7 atom stereocenters. The summed E-state index contributed by atoms with van der Waals surface area (Å²) in [6.07, 6.45) is 54.9. The van der Waals surface area contributed by atoms with Crippen molar-refractivity contribution in [3.63, 3.8) is 0 Å². The summed E-state index contributed by atoms with van der Waals surface area (Å²) in [7, 11) is 0. The van der Waals surface area contributed by atoms with Crippen LogP contribution >= 0.6 is 0 Å². The van der Waals surface area contributed by atoms with Crippen LogP contribution in [0.1, 0.15) is 251 Å². The van der Waals surface area contributed by atoms with Gasteiger partial charge in [-0.25, -0.2) is 0 Å². The van der Waals surface area contributed by atoms with Gasteiger partial charge in [-0.1, -0.05) is 229 Å². The van der Waals surface area contributed by atoms with Gasteiger partial charge in [0.15, 0.2) is 6.29 Å². The molecule has 0 aromatic carbocycles. The molecule has 0 aliphatic carbocycles. The molecule has 1 aliphatic rings. The zero-order valence-electron chi connectivity index (χ0n) is 42.7. The van der Waals surface area contributed by atoms with Crippen LogP contribution in [0.4, 0.5) is 0 Å². The number of aliphatic hydroxyl groups is 5. The van der Waals surface area contributed by atoms with E-state index in [0.29, 0.717) is 6.42 Å². The zero-order chi connectivity index (χ0) is 48.0. The number of carbonyl (C=O) groups is 1. The van der Waals surface area contributed by atoms with Gasteiger partial charge in [0.25, 0.3) is 0 Å². The van der Waals surface area contributed by atoms with E-state index in [0.717, 1.165) is 70.6 Å². The maximum absolute atomic E-state index is 12.9. The lowest BCUT2D eigenvalue weighted by molar-refractivity contribution is -0.302. The number of hydrogen-bond donors (Lipinski definition) is 6. The minimum Gasteiger partial charge on any atom is -0.394 e. The molecule has 9 nitrogen and oxygen atoms in total. The van der Waals surface area contributed by atoms with Crippen LogP contribution in [0, 0.1) is 0 Å². The quantitative estimate of drug-likeness (QED) is 0.0261. The van der Waals surface area contributed by atoms with Crippen LogP contribution in [0.2, 0.25) is 0 Å². The van der Waals surface area contributed by atoms with Crippen molar-refractivity contribution < 1.29 is 39.8 Å². The molecule has 7 unspecified atom stereocenters. The summed E-state index contributed by atoms with van der Waals surface area (Å²) in [6.45, 7) is 3.71. The van der Waals surface area contributed by atoms with Crippen molar-refractivity contribution in [3.8, 4) is 0 Å². The first kappa shape index (κ1) is 62.2.